The lowest BCUT2D eigenvalue weighted by Gasteiger charge is -2.08. The predicted molar refractivity (Wildman–Crippen MR) is 101 cm³/mol. The Morgan fingerprint density at radius 1 is 1.08 bits per heavy atom. The molecule has 2 aromatic carbocycles. The number of rotatable bonds is 4. The van der Waals surface area contributed by atoms with Gasteiger partial charge in [0.1, 0.15) is 11.4 Å². The summed E-state index contributed by atoms with van der Waals surface area (Å²) in [5.41, 5.74) is 3.30. The van der Waals surface area contributed by atoms with Gasteiger partial charge < -0.3 is 10.4 Å². The van der Waals surface area contributed by atoms with Crippen molar-refractivity contribution in [2.24, 2.45) is 0 Å². The number of hydrogen-bond acceptors (Lipinski definition) is 3. The van der Waals surface area contributed by atoms with Crippen LogP contribution < -0.4 is 5.32 Å². The predicted octanol–water partition coefficient (Wildman–Crippen LogP) is 5.12. The number of nitrogens with one attached hydrogen (secondary N) is 1. The van der Waals surface area contributed by atoms with Crippen molar-refractivity contribution in [3.05, 3.63) is 75.9 Å². The second-order valence-electron chi connectivity index (χ2n) is 5.92. The van der Waals surface area contributed by atoms with Crippen LogP contribution in [0.2, 0.25) is 0 Å². The fourth-order valence-electron chi connectivity index (χ4n) is 2.58. The van der Waals surface area contributed by atoms with Crippen LogP contribution in [0.3, 0.4) is 0 Å². The van der Waals surface area contributed by atoms with Crippen LogP contribution in [0.1, 0.15) is 31.8 Å². The molecule has 3 aromatic rings. The number of benzene rings is 2. The lowest BCUT2D eigenvalue weighted by atomic mass is 10.0. The first-order chi connectivity index (χ1) is 12.4. The highest BCUT2D eigenvalue weighted by Crippen LogP contribution is 2.37. The van der Waals surface area contributed by atoms with Crippen LogP contribution in [-0.4, -0.2) is 17.0 Å². The summed E-state index contributed by atoms with van der Waals surface area (Å²) in [4.78, 5) is 24.7. The lowest BCUT2D eigenvalue weighted by Crippen LogP contribution is -2.14. The van der Waals surface area contributed by atoms with Gasteiger partial charge >= 0.3 is 5.97 Å². The smallest absolute Gasteiger partial charge is 0.339 e. The Balaban J connectivity index is 1.98. The van der Waals surface area contributed by atoms with E-state index in [1.807, 2.05) is 32.0 Å². The number of aromatic carboxylic acids is 1. The van der Waals surface area contributed by atoms with Gasteiger partial charge in [0.25, 0.3) is 5.91 Å². The van der Waals surface area contributed by atoms with Crippen molar-refractivity contribution in [1.82, 2.24) is 0 Å². The fraction of sp³-hybridized carbons (Fsp3) is 0.100. The number of carbonyl (C=O) groups excluding carboxylic acids is 1. The van der Waals surface area contributed by atoms with Gasteiger partial charge in [-0.3, -0.25) is 4.79 Å². The minimum atomic E-state index is -1.13. The maximum absolute atomic E-state index is 13.3. The molecule has 4 nitrogen and oxygen atoms in total. The van der Waals surface area contributed by atoms with E-state index in [1.165, 1.54) is 29.5 Å². The molecule has 6 heteroatoms. The summed E-state index contributed by atoms with van der Waals surface area (Å²) in [5, 5.41) is 13.8. The van der Waals surface area contributed by atoms with Gasteiger partial charge in [-0.1, -0.05) is 24.3 Å². The van der Waals surface area contributed by atoms with Crippen LogP contribution in [0.5, 0.6) is 0 Å². The van der Waals surface area contributed by atoms with E-state index in [2.05, 4.69) is 5.32 Å². The van der Waals surface area contributed by atoms with Gasteiger partial charge in [0.2, 0.25) is 0 Å². The van der Waals surface area contributed by atoms with E-state index in [9.17, 15) is 19.1 Å². The average Bonchev–Trinajstić information content (AvgIpc) is 3.01. The van der Waals surface area contributed by atoms with Crippen LogP contribution in [0, 0.1) is 19.7 Å². The second kappa shape index (κ2) is 7.09. The van der Waals surface area contributed by atoms with Crippen molar-refractivity contribution in [1.29, 1.82) is 0 Å². The number of thiophene rings is 1. The molecule has 0 unspecified atom stereocenters. The zero-order valence-electron chi connectivity index (χ0n) is 14.2. The van der Waals surface area contributed by atoms with Gasteiger partial charge in [0.05, 0.1) is 10.6 Å². The summed E-state index contributed by atoms with van der Waals surface area (Å²) in [5.74, 6) is -2.22. The van der Waals surface area contributed by atoms with Crippen molar-refractivity contribution in [2.45, 2.75) is 13.8 Å². The Labute approximate surface area is 153 Å². The summed E-state index contributed by atoms with van der Waals surface area (Å²) in [6.07, 6.45) is 0. The summed E-state index contributed by atoms with van der Waals surface area (Å²) < 4.78 is 13.3. The highest BCUT2D eigenvalue weighted by Gasteiger charge is 2.21. The van der Waals surface area contributed by atoms with Gasteiger partial charge in [-0.25, -0.2) is 9.18 Å². The first-order valence-corrected chi connectivity index (χ1v) is 8.74. The maximum atomic E-state index is 13.3. The third-order valence-electron chi connectivity index (χ3n) is 4.11. The van der Waals surface area contributed by atoms with E-state index < -0.39 is 17.7 Å². The number of anilines is 1. The minimum absolute atomic E-state index is 0.0306. The normalized spacial score (nSPS) is 10.6. The van der Waals surface area contributed by atoms with Crippen molar-refractivity contribution in [2.75, 3.05) is 5.32 Å². The van der Waals surface area contributed by atoms with Crippen LogP contribution in [0.15, 0.2) is 47.8 Å². The molecule has 0 spiro atoms. The van der Waals surface area contributed by atoms with E-state index in [0.29, 0.717) is 4.88 Å². The number of aryl methyl sites for hydroxylation is 2. The Morgan fingerprint density at radius 3 is 2.50 bits per heavy atom. The molecule has 0 aliphatic heterocycles. The maximum Gasteiger partial charge on any atom is 0.339 e. The molecule has 3 rings (SSSR count). The summed E-state index contributed by atoms with van der Waals surface area (Å²) in [6, 6.07) is 11.0. The molecule has 0 bridgehead atoms. The standard InChI is InChI=1S/C20H16FNO3S/c1-11-6-7-13(8-12(11)2)18-17(20(24)25)16(10-26-18)22-19(23)14-4-3-5-15(21)9-14/h3-10H,1-2H3,(H,22,23)(H,24,25). The topological polar surface area (TPSA) is 66.4 Å². The number of hydrogen-bond donors (Lipinski definition) is 2. The molecule has 0 aliphatic rings. The molecule has 0 radical (unpaired) electrons. The van der Waals surface area contributed by atoms with Gasteiger partial charge in [0.15, 0.2) is 0 Å². The number of carboxylic acids is 1. The average molecular weight is 369 g/mol. The van der Waals surface area contributed by atoms with Gasteiger partial charge in [-0.15, -0.1) is 11.3 Å². The number of halogens is 1. The molecule has 0 aliphatic carbocycles. The largest absolute Gasteiger partial charge is 0.478 e. The van der Waals surface area contributed by atoms with Crippen molar-refractivity contribution in [3.8, 4) is 10.4 Å². The molecule has 2 N–H and O–H groups in total. The van der Waals surface area contributed by atoms with Crippen LogP contribution in [-0.2, 0) is 0 Å². The van der Waals surface area contributed by atoms with Gasteiger partial charge in [-0.2, -0.15) is 0 Å². The van der Waals surface area contributed by atoms with E-state index in [4.69, 9.17) is 0 Å². The molecular weight excluding hydrogens is 353 g/mol. The number of amides is 1. The third kappa shape index (κ3) is 3.50. The molecule has 132 valence electrons. The SMILES string of the molecule is Cc1ccc(-c2scc(NC(=O)c3cccc(F)c3)c2C(=O)O)cc1C. The summed E-state index contributed by atoms with van der Waals surface area (Å²) in [7, 11) is 0. The second-order valence-corrected chi connectivity index (χ2v) is 6.80. The molecule has 0 fully saturated rings. The first-order valence-electron chi connectivity index (χ1n) is 7.86. The molecule has 1 aromatic heterocycles. The highest BCUT2D eigenvalue weighted by molar-refractivity contribution is 7.14. The zero-order chi connectivity index (χ0) is 18.8. The summed E-state index contributed by atoms with van der Waals surface area (Å²) in [6.45, 7) is 3.94. The van der Waals surface area contributed by atoms with Crippen LogP contribution >= 0.6 is 11.3 Å². The number of carbonyl (C=O) groups is 2. The summed E-state index contributed by atoms with van der Waals surface area (Å²) >= 11 is 1.24. The van der Waals surface area contributed by atoms with Crippen LogP contribution in [0.25, 0.3) is 10.4 Å². The molecule has 0 saturated heterocycles. The molecule has 1 heterocycles. The van der Waals surface area contributed by atoms with Crippen molar-refractivity contribution in [3.63, 3.8) is 0 Å². The first kappa shape index (κ1) is 17.8. The van der Waals surface area contributed by atoms with Crippen molar-refractivity contribution >= 4 is 28.9 Å². The Bertz CT molecular complexity index is 1010. The lowest BCUT2D eigenvalue weighted by molar-refractivity contribution is 0.0699. The van der Waals surface area contributed by atoms with E-state index in [0.717, 1.165) is 22.8 Å². The van der Waals surface area contributed by atoms with E-state index in [-0.39, 0.29) is 16.8 Å². The van der Waals surface area contributed by atoms with E-state index >= 15 is 0 Å². The Morgan fingerprint density at radius 2 is 1.85 bits per heavy atom. The molecule has 1 amide bonds. The molecule has 0 atom stereocenters. The van der Waals surface area contributed by atoms with E-state index in [1.54, 1.807) is 5.38 Å². The third-order valence-corrected chi connectivity index (χ3v) is 5.14. The highest BCUT2D eigenvalue weighted by atomic mass is 32.1. The molecule has 0 saturated carbocycles. The fourth-order valence-corrected chi connectivity index (χ4v) is 3.57. The van der Waals surface area contributed by atoms with Crippen LogP contribution in [0.4, 0.5) is 10.1 Å². The minimum Gasteiger partial charge on any atom is -0.478 e. The Kier molecular flexibility index (Phi) is 4.86. The zero-order valence-corrected chi connectivity index (χ0v) is 15.0. The van der Waals surface area contributed by atoms with Gasteiger partial charge in [0, 0.05) is 10.9 Å². The monoisotopic (exact) mass is 369 g/mol. The quantitative estimate of drug-likeness (QED) is 0.671. The van der Waals surface area contributed by atoms with Gasteiger partial charge in [-0.05, 0) is 48.7 Å². The molecule has 26 heavy (non-hydrogen) atoms. The number of carboxylic acid groups (broad SMARTS) is 1. The van der Waals surface area contributed by atoms with Crippen molar-refractivity contribution < 1.29 is 19.1 Å². The Hall–Kier alpha value is -2.99. The molecular formula is C20H16FNO3S.